The van der Waals surface area contributed by atoms with Crippen LogP contribution >= 0.6 is 11.8 Å². The summed E-state index contributed by atoms with van der Waals surface area (Å²) < 4.78 is 10.8. The predicted octanol–water partition coefficient (Wildman–Crippen LogP) is 3.50. The quantitative estimate of drug-likeness (QED) is 0.751. The molecule has 0 fully saturated rings. The van der Waals surface area contributed by atoms with E-state index in [1.807, 2.05) is 23.9 Å². The first-order valence-corrected chi connectivity index (χ1v) is 7.95. The van der Waals surface area contributed by atoms with Crippen LogP contribution in [0.5, 0.6) is 11.5 Å². The number of rotatable bonds is 9. The SMILES string of the molecule is CCCNC(CSCC)c1cc(OC)ccc1OC. The lowest BCUT2D eigenvalue weighted by Crippen LogP contribution is -2.24. The van der Waals surface area contributed by atoms with E-state index in [4.69, 9.17) is 9.47 Å². The Balaban J connectivity index is 2.96. The first-order valence-electron chi connectivity index (χ1n) is 6.79. The van der Waals surface area contributed by atoms with Gasteiger partial charge in [0.1, 0.15) is 11.5 Å². The van der Waals surface area contributed by atoms with Gasteiger partial charge in [-0.2, -0.15) is 11.8 Å². The van der Waals surface area contributed by atoms with Gasteiger partial charge in [0.15, 0.2) is 0 Å². The molecular weight excluding hydrogens is 258 g/mol. The van der Waals surface area contributed by atoms with E-state index in [2.05, 4.69) is 25.2 Å². The largest absolute Gasteiger partial charge is 0.497 e. The molecular formula is C15H25NO2S. The molecule has 0 spiro atoms. The summed E-state index contributed by atoms with van der Waals surface area (Å²) in [5.41, 5.74) is 1.18. The third-order valence-corrected chi connectivity index (χ3v) is 3.92. The number of thioether (sulfide) groups is 1. The Morgan fingerprint density at radius 2 is 2.00 bits per heavy atom. The second-order valence-electron chi connectivity index (χ2n) is 4.27. The fraction of sp³-hybridized carbons (Fsp3) is 0.600. The molecule has 1 unspecified atom stereocenters. The Morgan fingerprint density at radius 1 is 1.21 bits per heavy atom. The lowest BCUT2D eigenvalue weighted by atomic mass is 10.1. The van der Waals surface area contributed by atoms with E-state index < -0.39 is 0 Å². The first kappa shape index (κ1) is 16.2. The monoisotopic (exact) mass is 283 g/mol. The molecule has 0 heterocycles. The number of hydrogen-bond acceptors (Lipinski definition) is 4. The zero-order valence-electron chi connectivity index (χ0n) is 12.4. The molecule has 0 amide bonds. The summed E-state index contributed by atoms with van der Waals surface area (Å²) in [6.07, 6.45) is 1.12. The Labute approximate surface area is 121 Å². The molecule has 1 rings (SSSR count). The zero-order valence-corrected chi connectivity index (χ0v) is 13.2. The fourth-order valence-electron chi connectivity index (χ4n) is 1.92. The van der Waals surface area contributed by atoms with Crippen LogP contribution in [-0.2, 0) is 0 Å². The number of nitrogens with one attached hydrogen (secondary N) is 1. The zero-order chi connectivity index (χ0) is 14.1. The van der Waals surface area contributed by atoms with Crippen molar-refractivity contribution in [3.05, 3.63) is 23.8 Å². The van der Waals surface area contributed by atoms with Crippen molar-refractivity contribution in [2.75, 3.05) is 32.3 Å². The molecule has 19 heavy (non-hydrogen) atoms. The van der Waals surface area contributed by atoms with Crippen molar-refractivity contribution in [2.45, 2.75) is 26.3 Å². The van der Waals surface area contributed by atoms with Gasteiger partial charge in [-0.1, -0.05) is 13.8 Å². The third-order valence-electron chi connectivity index (χ3n) is 2.94. The highest BCUT2D eigenvalue weighted by molar-refractivity contribution is 7.99. The van der Waals surface area contributed by atoms with E-state index in [1.54, 1.807) is 14.2 Å². The lowest BCUT2D eigenvalue weighted by Gasteiger charge is -2.21. The van der Waals surface area contributed by atoms with Crippen LogP contribution < -0.4 is 14.8 Å². The highest BCUT2D eigenvalue weighted by atomic mass is 32.2. The second-order valence-corrected chi connectivity index (χ2v) is 5.59. The van der Waals surface area contributed by atoms with Crippen LogP contribution in [0.15, 0.2) is 18.2 Å². The number of methoxy groups -OCH3 is 2. The second kappa shape index (κ2) is 9.10. The summed E-state index contributed by atoms with van der Waals surface area (Å²) in [5, 5.41) is 3.59. The normalized spacial score (nSPS) is 12.2. The van der Waals surface area contributed by atoms with Crippen LogP contribution in [0.4, 0.5) is 0 Å². The van der Waals surface area contributed by atoms with Gasteiger partial charge in [0, 0.05) is 17.4 Å². The van der Waals surface area contributed by atoms with Gasteiger partial charge in [-0.25, -0.2) is 0 Å². The maximum Gasteiger partial charge on any atom is 0.123 e. The van der Waals surface area contributed by atoms with Crippen molar-refractivity contribution in [3.8, 4) is 11.5 Å². The minimum absolute atomic E-state index is 0.301. The van der Waals surface area contributed by atoms with Gasteiger partial charge in [0.25, 0.3) is 0 Å². The molecule has 1 N–H and O–H groups in total. The van der Waals surface area contributed by atoms with E-state index in [0.717, 1.165) is 36.0 Å². The van der Waals surface area contributed by atoms with Gasteiger partial charge < -0.3 is 14.8 Å². The molecule has 4 heteroatoms. The number of hydrogen-bond donors (Lipinski definition) is 1. The first-order chi connectivity index (χ1) is 9.26. The maximum atomic E-state index is 5.48. The van der Waals surface area contributed by atoms with E-state index in [-0.39, 0.29) is 0 Å². The molecule has 0 aliphatic carbocycles. The molecule has 0 saturated carbocycles. The minimum Gasteiger partial charge on any atom is -0.497 e. The van der Waals surface area contributed by atoms with Crippen molar-refractivity contribution in [3.63, 3.8) is 0 Å². The summed E-state index contributed by atoms with van der Waals surface area (Å²) in [6, 6.07) is 6.29. The summed E-state index contributed by atoms with van der Waals surface area (Å²) in [6.45, 7) is 5.37. The number of ether oxygens (including phenoxy) is 2. The van der Waals surface area contributed by atoms with Gasteiger partial charge in [-0.15, -0.1) is 0 Å². The lowest BCUT2D eigenvalue weighted by molar-refractivity contribution is 0.392. The molecule has 1 aromatic rings. The highest BCUT2D eigenvalue weighted by Gasteiger charge is 2.16. The van der Waals surface area contributed by atoms with Gasteiger partial charge in [0.05, 0.1) is 14.2 Å². The average Bonchev–Trinajstić information content (AvgIpc) is 2.47. The van der Waals surface area contributed by atoms with Crippen LogP contribution in [-0.4, -0.2) is 32.3 Å². The minimum atomic E-state index is 0.301. The molecule has 0 radical (unpaired) electrons. The molecule has 108 valence electrons. The van der Waals surface area contributed by atoms with Crippen molar-refractivity contribution < 1.29 is 9.47 Å². The molecule has 0 saturated heterocycles. The highest BCUT2D eigenvalue weighted by Crippen LogP contribution is 2.31. The smallest absolute Gasteiger partial charge is 0.123 e. The molecule has 0 aromatic heterocycles. The van der Waals surface area contributed by atoms with E-state index in [1.165, 1.54) is 5.56 Å². The Hall–Kier alpha value is -0.870. The summed E-state index contributed by atoms with van der Waals surface area (Å²) >= 11 is 1.94. The summed E-state index contributed by atoms with van der Waals surface area (Å²) in [5.74, 6) is 3.96. The van der Waals surface area contributed by atoms with Crippen LogP contribution in [0.3, 0.4) is 0 Å². The van der Waals surface area contributed by atoms with E-state index in [9.17, 15) is 0 Å². The Kier molecular flexibility index (Phi) is 7.75. The van der Waals surface area contributed by atoms with Crippen LogP contribution in [0, 0.1) is 0 Å². The van der Waals surface area contributed by atoms with Crippen molar-refractivity contribution in [1.29, 1.82) is 0 Å². The fourth-order valence-corrected chi connectivity index (χ4v) is 2.69. The maximum absolute atomic E-state index is 5.48. The van der Waals surface area contributed by atoms with Crippen LogP contribution in [0.25, 0.3) is 0 Å². The van der Waals surface area contributed by atoms with E-state index >= 15 is 0 Å². The molecule has 0 bridgehead atoms. The van der Waals surface area contributed by atoms with Crippen molar-refractivity contribution >= 4 is 11.8 Å². The third kappa shape index (κ3) is 4.96. The molecule has 0 aliphatic rings. The molecule has 0 aliphatic heterocycles. The Bertz CT molecular complexity index is 363. The van der Waals surface area contributed by atoms with Gasteiger partial charge >= 0.3 is 0 Å². The van der Waals surface area contributed by atoms with Crippen molar-refractivity contribution in [1.82, 2.24) is 5.32 Å². The van der Waals surface area contributed by atoms with E-state index in [0.29, 0.717) is 6.04 Å². The summed E-state index contributed by atoms with van der Waals surface area (Å²) in [4.78, 5) is 0. The Morgan fingerprint density at radius 3 is 2.58 bits per heavy atom. The standard InChI is InChI=1S/C15H25NO2S/c1-5-9-16-14(11-19-6-2)13-10-12(17-3)7-8-15(13)18-4/h7-8,10,14,16H,5-6,9,11H2,1-4H3. The van der Waals surface area contributed by atoms with Crippen LogP contribution in [0.2, 0.25) is 0 Å². The molecule has 1 atom stereocenters. The average molecular weight is 283 g/mol. The topological polar surface area (TPSA) is 30.5 Å². The molecule has 3 nitrogen and oxygen atoms in total. The van der Waals surface area contributed by atoms with Gasteiger partial charge in [-0.3, -0.25) is 0 Å². The van der Waals surface area contributed by atoms with Crippen LogP contribution in [0.1, 0.15) is 31.9 Å². The number of benzene rings is 1. The molecule has 1 aromatic carbocycles. The van der Waals surface area contributed by atoms with Crippen molar-refractivity contribution in [2.24, 2.45) is 0 Å². The van der Waals surface area contributed by atoms with Gasteiger partial charge in [0.2, 0.25) is 0 Å². The van der Waals surface area contributed by atoms with Gasteiger partial charge in [-0.05, 0) is 36.9 Å². The summed E-state index contributed by atoms with van der Waals surface area (Å²) in [7, 11) is 3.41. The predicted molar refractivity (Wildman–Crippen MR) is 83.6 cm³/mol.